The third-order valence-corrected chi connectivity index (χ3v) is 7.78. The van der Waals surface area contributed by atoms with E-state index in [0.29, 0.717) is 13.1 Å². The minimum absolute atomic E-state index is 0.0757. The number of hydrogen-bond donors (Lipinski definition) is 0. The fraction of sp³-hybridized carbons (Fsp3) is 0.619. The highest BCUT2D eigenvalue weighted by atomic mass is 32.2. The lowest BCUT2D eigenvalue weighted by atomic mass is 10.1. The smallest absolute Gasteiger partial charge is 0.282 e. The molecule has 9 heteroatoms. The SMILES string of the molecule is CCCn1c(C)cc(/C=C(/C#N)C(=O)N2CCN(S(=O)(=O)N(CC)CC)CC2)c1C. The van der Waals surface area contributed by atoms with Crippen LogP contribution >= 0.6 is 0 Å². The molecule has 1 aromatic rings. The molecule has 1 saturated heterocycles. The van der Waals surface area contributed by atoms with Crippen molar-refractivity contribution in [2.24, 2.45) is 0 Å². The van der Waals surface area contributed by atoms with E-state index in [1.54, 1.807) is 11.0 Å². The summed E-state index contributed by atoms with van der Waals surface area (Å²) < 4.78 is 30.3. The van der Waals surface area contributed by atoms with E-state index < -0.39 is 10.2 Å². The van der Waals surface area contributed by atoms with Crippen LogP contribution in [0.4, 0.5) is 0 Å². The van der Waals surface area contributed by atoms with Crippen molar-refractivity contribution in [2.45, 2.75) is 47.6 Å². The van der Waals surface area contributed by atoms with Gasteiger partial charge in [-0.3, -0.25) is 4.79 Å². The molecule has 8 nitrogen and oxygen atoms in total. The number of carbonyl (C=O) groups excluding carboxylic acids is 1. The van der Waals surface area contributed by atoms with Crippen LogP contribution in [0.2, 0.25) is 0 Å². The van der Waals surface area contributed by atoms with E-state index in [-0.39, 0.29) is 37.7 Å². The number of amides is 1. The molecule has 2 heterocycles. The molecule has 0 aliphatic carbocycles. The van der Waals surface area contributed by atoms with Crippen LogP contribution < -0.4 is 0 Å². The quantitative estimate of drug-likeness (QED) is 0.462. The molecule has 0 bridgehead atoms. The van der Waals surface area contributed by atoms with Gasteiger partial charge in [0.15, 0.2) is 0 Å². The highest BCUT2D eigenvalue weighted by molar-refractivity contribution is 7.86. The number of rotatable bonds is 8. The van der Waals surface area contributed by atoms with Gasteiger partial charge in [0.05, 0.1) is 0 Å². The van der Waals surface area contributed by atoms with Gasteiger partial charge in [0.2, 0.25) is 0 Å². The molecule has 1 aromatic heterocycles. The minimum atomic E-state index is -3.51. The molecule has 1 aliphatic heterocycles. The Morgan fingerprint density at radius 3 is 2.27 bits per heavy atom. The molecule has 0 spiro atoms. The number of nitrogens with zero attached hydrogens (tertiary/aromatic N) is 5. The van der Waals surface area contributed by atoms with Crippen molar-refractivity contribution in [3.8, 4) is 6.07 Å². The molecule has 0 radical (unpaired) electrons. The molecule has 0 unspecified atom stereocenters. The van der Waals surface area contributed by atoms with Crippen LogP contribution in [0.1, 0.15) is 44.1 Å². The lowest BCUT2D eigenvalue weighted by Crippen LogP contribution is -2.54. The lowest BCUT2D eigenvalue weighted by Gasteiger charge is -2.36. The maximum absolute atomic E-state index is 12.9. The van der Waals surface area contributed by atoms with E-state index in [0.717, 1.165) is 29.9 Å². The summed E-state index contributed by atoms with van der Waals surface area (Å²) in [5.41, 5.74) is 3.07. The second-order valence-corrected chi connectivity index (χ2v) is 9.36. The molecular formula is C21H33N5O3S. The summed E-state index contributed by atoms with van der Waals surface area (Å²) in [6.07, 6.45) is 2.65. The van der Waals surface area contributed by atoms with Crippen LogP contribution in [-0.4, -0.2) is 71.7 Å². The standard InChI is InChI=1S/C21H33N5O3S/c1-6-9-26-17(4)14-19(18(26)5)15-20(16-22)21(27)23-10-12-25(13-11-23)30(28,29)24(7-2)8-3/h14-15H,6-13H2,1-5H3/b20-15-. The Bertz CT molecular complexity index is 931. The highest BCUT2D eigenvalue weighted by Crippen LogP contribution is 2.20. The normalized spacial score (nSPS) is 16.2. The fourth-order valence-corrected chi connectivity index (χ4v) is 5.45. The second kappa shape index (κ2) is 10.2. The predicted molar refractivity (Wildman–Crippen MR) is 118 cm³/mol. The first-order chi connectivity index (χ1) is 14.2. The van der Waals surface area contributed by atoms with Crippen molar-refractivity contribution >= 4 is 22.2 Å². The van der Waals surface area contributed by atoms with Crippen LogP contribution in [0.15, 0.2) is 11.6 Å². The van der Waals surface area contributed by atoms with Crippen LogP contribution in [-0.2, 0) is 21.5 Å². The Labute approximate surface area is 180 Å². The summed E-state index contributed by atoms with van der Waals surface area (Å²) in [5, 5.41) is 9.59. The van der Waals surface area contributed by atoms with Gasteiger partial charge in [0.1, 0.15) is 11.6 Å². The molecule has 2 rings (SSSR count). The topological polar surface area (TPSA) is 89.6 Å². The molecular weight excluding hydrogens is 402 g/mol. The Balaban J connectivity index is 2.15. The first-order valence-electron chi connectivity index (χ1n) is 10.5. The van der Waals surface area contributed by atoms with Gasteiger partial charge < -0.3 is 9.47 Å². The zero-order chi connectivity index (χ0) is 22.5. The summed E-state index contributed by atoms with van der Waals surface area (Å²) >= 11 is 0. The van der Waals surface area contributed by atoms with Gasteiger partial charge in [-0.05, 0) is 38.0 Å². The molecule has 1 fully saturated rings. The van der Waals surface area contributed by atoms with Crippen LogP contribution in [0, 0.1) is 25.2 Å². The van der Waals surface area contributed by atoms with Crippen molar-refractivity contribution in [3.63, 3.8) is 0 Å². The van der Waals surface area contributed by atoms with Gasteiger partial charge in [0.25, 0.3) is 16.1 Å². The number of hydrogen-bond acceptors (Lipinski definition) is 4. The highest BCUT2D eigenvalue weighted by Gasteiger charge is 2.32. The Morgan fingerprint density at radius 1 is 1.17 bits per heavy atom. The number of nitriles is 1. The van der Waals surface area contributed by atoms with Crippen LogP contribution in [0.5, 0.6) is 0 Å². The summed E-state index contributed by atoms with van der Waals surface area (Å²) in [6.45, 7) is 12.5. The van der Waals surface area contributed by atoms with Crippen molar-refractivity contribution in [1.29, 1.82) is 5.26 Å². The zero-order valence-electron chi connectivity index (χ0n) is 18.7. The van der Waals surface area contributed by atoms with E-state index in [2.05, 4.69) is 11.5 Å². The molecule has 0 aromatic carbocycles. The van der Waals surface area contributed by atoms with Crippen LogP contribution in [0.25, 0.3) is 6.08 Å². The third kappa shape index (κ3) is 4.94. The largest absolute Gasteiger partial charge is 0.349 e. The predicted octanol–water partition coefficient (Wildman–Crippen LogP) is 2.15. The summed E-state index contributed by atoms with van der Waals surface area (Å²) in [4.78, 5) is 14.5. The molecule has 30 heavy (non-hydrogen) atoms. The number of aryl methyl sites for hydroxylation is 1. The van der Waals surface area contributed by atoms with Crippen LogP contribution in [0.3, 0.4) is 0 Å². The van der Waals surface area contributed by atoms with Gasteiger partial charge in [-0.25, -0.2) is 0 Å². The monoisotopic (exact) mass is 435 g/mol. The van der Waals surface area contributed by atoms with Crippen molar-refractivity contribution in [1.82, 2.24) is 18.1 Å². The molecule has 166 valence electrons. The van der Waals surface area contributed by atoms with Crippen molar-refractivity contribution in [3.05, 3.63) is 28.6 Å². The Hall–Kier alpha value is -2.15. The molecule has 0 atom stereocenters. The van der Waals surface area contributed by atoms with Gasteiger partial charge in [-0.15, -0.1) is 0 Å². The van der Waals surface area contributed by atoms with E-state index >= 15 is 0 Å². The lowest BCUT2D eigenvalue weighted by molar-refractivity contribution is -0.127. The van der Waals surface area contributed by atoms with E-state index in [1.165, 1.54) is 8.61 Å². The zero-order valence-corrected chi connectivity index (χ0v) is 19.5. The number of carbonyl (C=O) groups is 1. The maximum Gasteiger partial charge on any atom is 0.282 e. The first-order valence-corrected chi connectivity index (χ1v) is 11.9. The van der Waals surface area contributed by atoms with E-state index in [9.17, 15) is 18.5 Å². The molecule has 0 N–H and O–H groups in total. The van der Waals surface area contributed by atoms with Gasteiger partial charge >= 0.3 is 0 Å². The molecule has 1 aliphatic rings. The van der Waals surface area contributed by atoms with Crippen molar-refractivity contribution in [2.75, 3.05) is 39.3 Å². The Morgan fingerprint density at radius 2 is 1.77 bits per heavy atom. The average molecular weight is 436 g/mol. The van der Waals surface area contributed by atoms with E-state index in [1.807, 2.05) is 39.8 Å². The first kappa shape index (κ1) is 24.1. The molecule has 0 saturated carbocycles. The minimum Gasteiger partial charge on any atom is -0.349 e. The van der Waals surface area contributed by atoms with Gasteiger partial charge in [0, 0.05) is 57.2 Å². The third-order valence-electron chi connectivity index (χ3n) is 5.59. The number of piperazine rings is 1. The molecule has 1 amide bonds. The summed E-state index contributed by atoms with van der Waals surface area (Å²) in [6, 6.07) is 4.02. The van der Waals surface area contributed by atoms with Gasteiger partial charge in [-0.1, -0.05) is 20.8 Å². The Kier molecular flexibility index (Phi) is 8.24. The second-order valence-electron chi connectivity index (χ2n) is 7.43. The van der Waals surface area contributed by atoms with Gasteiger partial charge in [-0.2, -0.15) is 22.3 Å². The average Bonchev–Trinajstić information content (AvgIpc) is 3.00. The number of aromatic nitrogens is 1. The summed E-state index contributed by atoms with van der Waals surface area (Å²) in [5.74, 6) is -0.349. The van der Waals surface area contributed by atoms with E-state index in [4.69, 9.17) is 0 Å². The van der Waals surface area contributed by atoms with Crippen molar-refractivity contribution < 1.29 is 13.2 Å². The summed E-state index contributed by atoms with van der Waals surface area (Å²) in [7, 11) is -3.51. The maximum atomic E-state index is 12.9. The fourth-order valence-electron chi connectivity index (χ4n) is 3.84.